The number of aldehydes is 1. The number of amides is 2. The lowest BCUT2D eigenvalue weighted by Crippen LogP contribution is -2.39. The van der Waals surface area contributed by atoms with Crippen molar-refractivity contribution in [3.05, 3.63) is 29.3 Å². The normalized spacial score (nSPS) is 23.0. The van der Waals surface area contributed by atoms with Gasteiger partial charge in [0.1, 0.15) is 17.9 Å². The molecule has 25 heavy (non-hydrogen) atoms. The molecular formula is C17H18F2N2O3S. The van der Waals surface area contributed by atoms with Crippen molar-refractivity contribution >= 4 is 35.5 Å². The van der Waals surface area contributed by atoms with Gasteiger partial charge in [-0.2, -0.15) is 11.8 Å². The summed E-state index contributed by atoms with van der Waals surface area (Å²) in [6, 6.07) is 2.20. The molecule has 0 aliphatic carbocycles. The second-order valence-electron chi connectivity index (χ2n) is 6.16. The molecule has 1 aromatic rings. The Morgan fingerprint density at radius 2 is 2.08 bits per heavy atom. The summed E-state index contributed by atoms with van der Waals surface area (Å²) in [7, 11) is 1.37. The van der Waals surface area contributed by atoms with Crippen LogP contribution in [0.1, 0.15) is 30.7 Å². The van der Waals surface area contributed by atoms with Crippen LogP contribution >= 0.6 is 11.8 Å². The third kappa shape index (κ3) is 3.53. The zero-order valence-electron chi connectivity index (χ0n) is 13.6. The van der Waals surface area contributed by atoms with Crippen LogP contribution in [0.2, 0.25) is 0 Å². The van der Waals surface area contributed by atoms with Gasteiger partial charge < -0.3 is 15.0 Å². The van der Waals surface area contributed by atoms with Crippen molar-refractivity contribution < 1.29 is 23.2 Å². The molecule has 2 saturated heterocycles. The SMILES string of the molecule is CNC(=O)C(CCC=O)c1c(F)cc(N2CC3SC3CC2=O)cc1F. The minimum absolute atomic E-state index is 0.0133. The highest BCUT2D eigenvalue weighted by Crippen LogP contribution is 2.48. The second kappa shape index (κ2) is 7.11. The Bertz CT molecular complexity index is 705. The van der Waals surface area contributed by atoms with Gasteiger partial charge in [0, 0.05) is 48.2 Å². The largest absolute Gasteiger partial charge is 0.359 e. The van der Waals surface area contributed by atoms with E-state index in [0.29, 0.717) is 29.8 Å². The number of piperidine rings is 1. The molecule has 2 amide bonds. The van der Waals surface area contributed by atoms with Crippen molar-refractivity contribution in [3.63, 3.8) is 0 Å². The summed E-state index contributed by atoms with van der Waals surface area (Å²) >= 11 is 1.70. The van der Waals surface area contributed by atoms with E-state index in [1.807, 2.05) is 0 Å². The molecule has 3 atom stereocenters. The number of likely N-dealkylation sites (N-methyl/N-ethyl adjacent to an activating group) is 1. The van der Waals surface area contributed by atoms with E-state index in [-0.39, 0.29) is 30.0 Å². The van der Waals surface area contributed by atoms with Crippen molar-refractivity contribution in [2.45, 2.75) is 35.7 Å². The van der Waals surface area contributed by atoms with Crippen molar-refractivity contribution in [1.29, 1.82) is 0 Å². The van der Waals surface area contributed by atoms with Gasteiger partial charge >= 0.3 is 0 Å². The molecule has 3 rings (SSSR count). The lowest BCUT2D eigenvalue weighted by Gasteiger charge is -2.26. The molecule has 2 aliphatic heterocycles. The van der Waals surface area contributed by atoms with Crippen LogP contribution in [0.25, 0.3) is 0 Å². The van der Waals surface area contributed by atoms with Gasteiger partial charge in [0.15, 0.2) is 0 Å². The molecule has 3 unspecified atom stereocenters. The molecule has 2 aliphatic rings. The van der Waals surface area contributed by atoms with E-state index in [1.165, 1.54) is 11.9 Å². The maximum atomic E-state index is 14.6. The number of fused-ring (bicyclic) bond motifs is 1. The highest BCUT2D eigenvalue weighted by molar-refractivity contribution is 8.07. The number of benzene rings is 1. The van der Waals surface area contributed by atoms with Crippen molar-refractivity contribution in [2.24, 2.45) is 0 Å². The van der Waals surface area contributed by atoms with Gasteiger partial charge in [0.2, 0.25) is 11.8 Å². The molecule has 5 nitrogen and oxygen atoms in total. The molecular weight excluding hydrogens is 350 g/mol. The number of hydrogen-bond acceptors (Lipinski definition) is 4. The molecule has 8 heteroatoms. The molecule has 0 aromatic heterocycles. The van der Waals surface area contributed by atoms with E-state index < -0.39 is 23.5 Å². The number of anilines is 1. The summed E-state index contributed by atoms with van der Waals surface area (Å²) in [6.45, 7) is 0.441. The van der Waals surface area contributed by atoms with E-state index in [0.717, 1.165) is 12.1 Å². The Labute approximate surface area is 148 Å². The smallest absolute Gasteiger partial charge is 0.228 e. The third-order valence-corrected chi connectivity index (χ3v) is 5.94. The Morgan fingerprint density at radius 3 is 2.68 bits per heavy atom. The highest BCUT2D eigenvalue weighted by atomic mass is 32.2. The van der Waals surface area contributed by atoms with Crippen LogP contribution in [0.3, 0.4) is 0 Å². The van der Waals surface area contributed by atoms with Crippen LogP contribution in [0.5, 0.6) is 0 Å². The summed E-state index contributed by atoms with van der Waals surface area (Å²) < 4.78 is 29.2. The van der Waals surface area contributed by atoms with Crippen molar-refractivity contribution in [3.8, 4) is 0 Å². The molecule has 0 radical (unpaired) electrons. The van der Waals surface area contributed by atoms with E-state index in [1.54, 1.807) is 11.8 Å². The quantitative estimate of drug-likeness (QED) is 0.616. The third-order valence-electron chi connectivity index (χ3n) is 4.59. The Balaban J connectivity index is 1.92. The molecule has 0 bridgehead atoms. The predicted molar refractivity (Wildman–Crippen MR) is 90.6 cm³/mol. The standard InChI is InChI=1S/C17H18F2N2O3S/c1-20-17(24)10(3-2-4-22)16-11(18)5-9(6-12(16)19)21-8-14-13(25-14)7-15(21)23/h4-6,10,13-14H,2-3,7-8H2,1H3,(H,20,24). The topological polar surface area (TPSA) is 66.5 Å². The van der Waals surface area contributed by atoms with Crippen LogP contribution in [0.4, 0.5) is 14.5 Å². The molecule has 134 valence electrons. The minimum atomic E-state index is -1.09. The zero-order chi connectivity index (χ0) is 18.1. The number of nitrogens with one attached hydrogen (secondary N) is 1. The minimum Gasteiger partial charge on any atom is -0.359 e. The molecule has 1 aromatic carbocycles. The molecule has 0 saturated carbocycles. The average Bonchev–Trinajstić information content (AvgIpc) is 3.33. The first-order valence-corrected chi connectivity index (χ1v) is 9.00. The van der Waals surface area contributed by atoms with E-state index in [9.17, 15) is 23.2 Å². The van der Waals surface area contributed by atoms with E-state index in [2.05, 4.69) is 5.32 Å². The van der Waals surface area contributed by atoms with E-state index >= 15 is 0 Å². The fraction of sp³-hybridized carbons (Fsp3) is 0.471. The maximum absolute atomic E-state index is 14.6. The van der Waals surface area contributed by atoms with Gasteiger partial charge in [-0.1, -0.05) is 0 Å². The second-order valence-corrected chi connectivity index (χ2v) is 7.64. The fourth-order valence-electron chi connectivity index (χ4n) is 3.21. The van der Waals surface area contributed by atoms with Gasteiger partial charge in [-0.05, 0) is 18.6 Å². The van der Waals surface area contributed by atoms with Crippen LogP contribution in [0.15, 0.2) is 12.1 Å². The predicted octanol–water partition coefficient (Wildman–Crippen LogP) is 1.99. The summed E-state index contributed by atoms with van der Waals surface area (Å²) in [5.74, 6) is -3.56. The van der Waals surface area contributed by atoms with Crippen LogP contribution in [0, 0.1) is 11.6 Å². The van der Waals surface area contributed by atoms with Gasteiger partial charge in [0.25, 0.3) is 0 Å². The first kappa shape index (κ1) is 17.8. The van der Waals surface area contributed by atoms with Gasteiger partial charge in [-0.15, -0.1) is 0 Å². The number of nitrogens with zero attached hydrogens (tertiary/aromatic N) is 1. The van der Waals surface area contributed by atoms with Crippen LogP contribution < -0.4 is 10.2 Å². The zero-order valence-corrected chi connectivity index (χ0v) is 14.4. The molecule has 1 N–H and O–H groups in total. The first-order valence-electron chi connectivity index (χ1n) is 8.06. The van der Waals surface area contributed by atoms with Crippen molar-refractivity contribution in [1.82, 2.24) is 5.32 Å². The highest BCUT2D eigenvalue weighted by Gasteiger charge is 2.46. The summed E-state index contributed by atoms with van der Waals surface area (Å²) in [5, 5.41) is 3.03. The van der Waals surface area contributed by atoms with Gasteiger partial charge in [-0.3, -0.25) is 9.59 Å². The Kier molecular flexibility index (Phi) is 5.08. The summed E-state index contributed by atoms with van der Waals surface area (Å²) in [4.78, 5) is 36.1. The average molecular weight is 368 g/mol. The first-order chi connectivity index (χ1) is 12.0. The molecule has 2 fully saturated rings. The number of thioether (sulfide) groups is 1. The fourth-order valence-corrected chi connectivity index (χ4v) is 4.22. The van der Waals surface area contributed by atoms with Crippen LogP contribution in [-0.2, 0) is 14.4 Å². The lowest BCUT2D eigenvalue weighted by atomic mass is 9.92. The Hall–Kier alpha value is -1.96. The summed E-state index contributed by atoms with van der Waals surface area (Å²) in [6.07, 6.45) is 1.01. The lowest BCUT2D eigenvalue weighted by molar-refractivity contribution is -0.122. The van der Waals surface area contributed by atoms with Gasteiger partial charge in [-0.25, -0.2) is 8.78 Å². The number of rotatable bonds is 6. The maximum Gasteiger partial charge on any atom is 0.228 e. The number of carbonyl (C=O) groups is 3. The van der Waals surface area contributed by atoms with Gasteiger partial charge in [0.05, 0.1) is 5.92 Å². The van der Waals surface area contributed by atoms with Crippen molar-refractivity contribution in [2.75, 3.05) is 18.5 Å². The van der Waals surface area contributed by atoms with E-state index in [4.69, 9.17) is 0 Å². The number of carbonyl (C=O) groups excluding carboxylic acids is 3. The monoisotopic (exact) mass is 368 g/mol. The molecule has 0 spiro atoms. The Morgan fingerprint density at radius 1 is 1.40 bits per heavy atom. The number of hydrogen-bond donors (Lipinski definition) is 1. The number of halogens is 2. The van der Waals surface area contributed by atoms with Crippen LogP contribution in [-0.4, -0.2) is 42.2 Å². The molecule has 2 heterocycles. The summed E-state index contributed by atoms with van der Waals surface area (Å²) in [5.41, 5.74) is -0.200.